The second-order valence-electron chi connectivity index (χ2n) is 2.61. The average Bonchev–Trinajstić information content (AvgIpc) is 2.37. The van der Waals surface area contributed by atoms with Crippen LogP contribution in [0.3, 0.4) is 0 Å². The van der Waals surface area contributed by atoms with E-state index in [0.29, 0.717) is 25.9 Å². The molecule has 0 radical (unpaired) electrons. The first-order valence-corrected chi connectivity index (χ1v) is 4.05. The number of hydrogen-bond acceptors (Lipinski definition) is 2. The van der Waals surface area contributed by atoms with Gasteiger partial charge in [-0.3, -0.25) is 4.79 Å². The highest BCUT2D eigenvalue weighted by Crippen LogP contribution is 2.33. The summed E-state index contributed by atoms with van der Waals surface area (Å²) in [5.41, 5.74) is 0. The van der Waals surface area contributed by atoms with Gasteiger partial charge in [-0.2, -0.15) is 0 Å². The van der Waals surface area contributed by atoms with Crippen LogP contribution >= 0.6 is 0 Å². The number of alkyl halides is 2. The van der Waals surface area contributed by atoms with E-state index >= 15 is 0 Å². The van der Waals surface area contributed by atoms with Crippen LogP contribution in [0.5, 0.6) is 0 Å². The van der Waals surface area contributed by atoms with Crippen molar-refractivity contribution in [2.75, 3.05) is 6.61 Å². The van der Waals surface area contributed by atoms with Crippen LogP contribution in [-0.4, -0.2) is 19.0 Å². The van der Waals surface area contributed by atoms with E-state index in [1.807, 2.05) is 0 Å². The Balaban J connectivity index is 0.000000217. The van der Waals surface area contributed by atoms with Crippen LogP contribution in [0.1, 0.15) is 32.6 Å². The molecule has 0 amide bonds. The fraction of sp³-hybridized carbons (Fsp3) is 0.875. The fourth-order valence-electron chi connectivity index (χ4n) is 0.960. The predicted molar refractivity (Wildman–Crippen MR) is 41.1 cm³/mol. The smallest absolute Gasteiger partial charge is 0.293 e. The molecule has 12 heavy (non-hydrogen) atoms. The molecular formula is C8H14F2O2. The van der Waals surface area contributed by atoms with Gasteiger partial charge in [0.05, 0.1) is 6.61 Å². The molecule has 2 nitrogen and oxygen atoms in total. The highest BCUT2D eigenvalue weighted by atomic mass is 19.3. The second kappa shape index (κ2) is 5.91. The molecule has 0 heterocycles. The minimum Gasteiger partial charge on any atom is -0.468 e. The maximum Gasteiger partial charge on any atom is 0.293 e. The summed E-state index contributed by atoms with van der Waals surface area (Å²) in [5, 5.41) is 0. The highest BCUT2D eigenvalue weighted by molar-refractivity contribution is 5.36. The molecule has 0 aromatic rings. The third-order valence-electron chi connectivity index (χ3n) is 1.57. The largest absolute Gasteiger partial charge is 0.468 e. The van der Waals surface area contributed by atoms with Gasteiger partial charge in [0, 0.05) is 12.8 Å². The summed E-state index contributed by atoms with van der Waals surface area (Å²) in [6.45, 7) is 2.66. The maximum atomic E-state index is 11.9. The number of hydrogen-bond donors (Lipinski definition) is 0. The lowest BCUT2D eigenvalue weighted by Crippen LogP contribution is -2.06. The zero-order valence-corrected chi connectivity index (χ0v) is 7.19. The molecule has 0 aliphatic heterocycles. The van der Waals surface area contributed by atoms with Gasteiger partial charge in [0.2, 0.25) is 5.92 Å². The van der Waals surface area contributed by atoms with Gasteiger partial charge in [0.15, 0.2) is 0 Å². The summed E-state index contributed by atoms with van der Waals surface area (Å²) >= 11 is 0. The van der Waals surface area contributed by atoms with Crippen LogP contribution in [0.25, 0.3) is 0 Å². The van der Waals surface area contributed by atoms with E-state index in [-0.39, 0.29) is 12.8 Å². The van der Waals surface area contributed by atoms with Crippen molar-refractivity contribution in [3.8, 4) is 0 Å². The van der Waals surface area contributed by atoms with Crippen LogP contribution in [0.15, 0.2) is 0 Å². The van der Waals surface area contributed by atoms with Crippen molar-refractivity contribution in [1.82, 2.24) is 0 Å². The lowest BCUT2D eigenvalue weighted by molar-refractivity contribution is -0.128. The van der Waals surface area contributed by atoms with Crippen LogP contribution < -0.4 is 0 Å². The molecular weight excluding hydrogens is 166 g/mol. The molecule has 0 unspecified atom stereocenters. The van der Waals surface area contributed by atoms with Crippen LogP contribution in [0.4, 0.5) is 8.78 Å². The van der Waals surface area contributed by atoms with Crippen molar-refractivity contribution >= 4 is 6.47 Å². The molecule has 0 bridgehead atoms. The standard InChI is InChI=1S/C5H8F2.C3H6O2/c6-5(7)3-1-2-4-5;1-2-5-3-4/h1-4H2;3H,2H2,1H3. The quantitative estimate of drug-likeness (QED) is 0.610. The minimum absolute atomic E-state index is 0.118. The van der Waals surface area contributed by atoms with Crippen molar-refractivity contribution in [2.45, 2.75) is 38.5 Å². The minimum atomic E-state index is -2.31. The van der Waals surface area contributed by atoms with Gasteiger partial charge in [0.1, 0.15) is 0 Å². The summed E-state index contributed by atoms with van der Waals surface area (Å²) < 4.78 is 28.0. The topological polar surface area (TPSA) is 26.3 Å². The van der Waals surface area contributed by atoms with Gasteiger partial charge >= 0.3 is 0 Å². The van der Waals surface area contributed by atoms with E-state index < -0.39 is 5.92 Å². The van der Waals surface area contributed by atoms with Gasteiger partial charge in [-0.25, -0.2) is 8.78 Å². The number of rotatable bonds is 2. The van der Waals surface area contributed by atoms with Gasteiger partial charge in [-0.05, 0) is 19.8 Å². The highest BCUT2D eigenvalue weighted by Gasteiger charge is 2.32. The molecule has 1 aliphatic rings. The Morgan fingerprint density at radius 1 is 1.42 bits per heavy atom. The third-order valence-corrected chi connectivity index (χ3v) is 1.57. The molecule has 0 saturated heterocycles. The molecule has 1 aliphatic carbocycles. The molecule has 0 atom stereocenters. The molecule has 72 valence electrons. The van der Waals surface area contributed by atoms with Crippen LogP contribution in [0, 0.1) is 0 Å². The average molecular weight is 180 g/mol. The van der Waals surface area contributed by atoms with Gasteiger partial charge in [-0.15, -0.1) is 0 Å². The van der Waals surface area contributed by atoms with Crippen LogP contribution in [-0.2, 0) is 9.53 Å². The SMILES string of the molecule is CCOC=O.FC1(F)CCCC1. The number of ether oxygens (including phenoxy) is 1. The Kier molecular flexibility index (Phi) is 5.58. The van der Waals surface area contributed by atoms with Crippen molar-refractivity contribution in [3.63, 3.8) is 0 Å². The summed E-state index contributed by atoms with van der Waals surface area (Å²) in [7, 11) is 0. The van der Waals surface area contributed by atoms with Crippen molar-refractivity contribution in [1.29, 1.82) is 0 Å². The van der Waals surface area contributed by atoms with Crippen LogP contribution in [0.2, 0.25) is 0 Å². The Morgan fingerprint density at radius 3 is 2.00 bits per heavy atom. The zero-order valence-electron chi connectivity index (χ0n) is 7.19. The van der Waals surface area contributed by atoms with Crippen molar-refractivity contribution < 1.29 is 18.3 Å². The molecule has 1 saturated carbocycles. The fourth-order valence-corrected chi connectivity index (χ4v) is 0.960. The monoisotopic (exact) mass is 180 g/mol. The Morgan fingerprint density at radius 2 is 1.92 bits per heavy atom. The van der Waals surface area contributed by atoms with E-state index in [1.165, 1.54) is 0 Å². The maximum absolute atomic E-state index is 11.9. The first-order chi connectivity index (χ1) is 5.62. The van der Waals surface area contributed by atoms with Gasteiger partial charge in [0.25, 0.3) is 6.47 Å². The predicted octanol–water partition coefficient (Wildman–Crippen LogP) is 2.38. The van der Waals surface area contributed by atoms with Gasteiger partial charge < -0.3 is 4.74 Å². The summed E-state index contributed by atoms with van der Waals surface area (Å²) in [6.07, 6.45) is 1.67. The Hall–Kier alpha value is -0.670. The molecule has 0 aromatic carbocycles. The molecule has 1 rings (SSSR count). The lowest BCUT2D eigenvalue weighted by atomic mass is 10.3. The van der Waals surface area contributed by atoms with E-state index in [0.717, 1.165) is 0 Å². The third kappa shape index (κ3) is 6.07. The van der Waals surface area contributed by atoms with E-state index in [9.17, 15) is 13.6 Å². The van der Waals surface area contributed by atoms with Gasteiger partial charge in [-0.1, -0.05) is 0 Å². The van der Waals surface area contributed by atoms with E-state index in [4.69, 9.17) is 0 Å². The van der Waals surface area contributed by atoms with Crippen molar-refractivity contribution in [3.05, 3.63) is 0 Å². The number of halogens is 2. The molecule has 0 N–H and O–H groups in total. The molecule has 4 heteroatoms. The molecule has 1 fully saturated rings. The second-order valence-corrected chi connectivity index (χ2v) is 2.61. The van der Waals surface area contributed by atoms with E-state index in [1.54, 1.807) is 6.92 Å². The first-order valence-electron chi connectivity index (χ1n) is 4.05. The Bertz CT molecular complexity index is 118. The Labute approximate surface area is 70.9 Å². The summed E-state index contributed by atoms with van der Waals surface area (Å²) in [4.78, 5) is 9.18. The zero-order chi connectivity index (χ0) is 9.45. The molecule has 0 spiro atoms. The first kappa shape index (κ1) is 11.3. The summed E-state index contributed by atoms with van der Waals surface area (Å²) in [6, 6.07) is 0. The van der Waals surface area contributed by atoms with Crippen molar-refractivity contribution in [2.24, 2.45) is 0 Å². The molecule has 0 aromatic heterocycles. The lowest BCUT2D eigenvalue weighted by Gasteiger charge is -2.03. The summed E-state index contributed by atoms with van der Waals surface area (Å²) in [5.74, 6) is -2.31. The van der Waals surface area contributed by atoms with E-state index in [2.05, 4.69) is 4.74 Å². The number of carbonyl (C=O) groups is 1. The number of carbonyl (C=O) groups excluding carboxylic acids is 1. The normalized spacial score (nSPS) is 19.2.